The molecule has 0 fully saturated rings. The molecule has 0 amide bonds. The second kappa shape index (κ2) is 6.80. The van der Waals surface area contributed by atoms with Gasteiger partial charge in [0.15, 0.2) is 0 Å². The summed E-state index contributed by atoms with van der Waals surface area (Å²) in [4.78, 5) is 0. The van der Waals surface area contributed by atoms with Crippen LogP contribution in [0.4, 0.5) is 0 Å². The van der Waals surface area contributed by atoms with Crippen LogP contribution in [-0.2, 0) is 6.42 Å². The summed E-state index contributed by atoms with van der Waals surface area (Å²) in [7, 11) is 0. The first-order valence-corrected chi connectivity index (χ1v) is 6.77. The van der Waals surface area contributed by atoms with Gasteiger partial charge in [0.25, 0.3) is 0 Å². The fourth-order valence-corrected chi connectivity index (χ4v) is 2.10. The lowest BCUT2D eigenvalue weighted by atomic mass is 10.1. The Morgan fingerprint density at radius 3 is 2.42 bits per heavy atom. The van der Waals surface area contributed by atoms with Gasteiger partial charge in [0, 0.05) is 16.1 Å². The second-order valence-electron chi connectivity index (χ2n) is 4.36. The smallest absolute Gasteiger partial charge is 0.119 e. The first-order valence-electron chi connectivity index (χ1n) is 6.02. The molecule has 2 nitrogen and oxygen atoms in total. The minimum Gasteiger partial charge on any atom is -0.492 e. The van der Waals surface area contributed by atoms with Gasteiger partial charge in [0.05, 0.1) is 0 Å². The molecule has 0 aromatic heterocycles. The van der Waals surface area contributed by atoms with Crippen molar-refractivity contribution in [3.05, 3.63) is 64.1 Å². The zero-order chi connectivity index (χ0) is 13.7. The van der Waals surface area contributed by atoms with Crippen LogP contribution in [-0.4, -0.2) is 12.6 Å². The molecule has 0 aliphatic carbocycles. The summed E-state index contributed by atoms with van der Waals surface area (Å²) in [5.74, 6) is 0.769. The molecule has 2 aromatic carbocycles. The van der Waals surface area contributed by atoms with E-state index in [2.05, 4.69) is 0 Å². The predicted octanol–water partition coefficient (Wildman–Crippen LogP) is 3.94. The van der Waals surface area contributed by atoms with E-state index in [0.717, 1.165) is 22.8 Å². The molecule has 1 unspecified atom stereocenters. The van der Waals surface area contributed by atoms with E-state index in [9.17, 15) is 0 Å². The molecule has 4 heteroatoms. The fraction of sp³-hybridized carbons (Fsp3) is 0.200. The van der Waals surface area contributed by atoms with Crippen molar-refractivity contribution in [3.8, 4) is 5.75 Å². The van der Waals surface area contributed by atoms with Crippen molar-refractivity contribution in [2.75, 3.05) is 6.61 Å². The molecule has 0 heterocycles. The zero-order valence-corrected chi connectivity index (χ0v) is 11.9. The van der Waals surface area contributed by atoms with Crippen LogP contribution in [0.25, 0.3) is 0 Å². The van der Waals surface area contributed by atoms with Crippen molar-refractivity contribution >= 4 is 23.2 Å². The quantitative estimate of drug-likeness (QED) is 0.907. The van der Waals surface area contributed by atoms with Crippen molar-refractivity contribution in [2.45, 2.75) is 12.5 Å². The van der Waals surface area contributed by atoms with Gasteiger partial charge >= 0.3 is 0 Å². The first-order chi connectivity index (χ1) is 9.13. The minimum absolute atomic E-state index is 0.0749. The van der Waals surface area contributed by atoms with E-state index in [1.807, 2.05) is 36.4 Å². The molecule has 1 atom stereocenters. The average Bonchev–Trinajstić information content (AvgIpc) is 2.38. The highest BCUT2D eigenvalue weighted by Crippen LogP contribution is 2.16. The summed E-state index contributed by atoms with van der Waals surface area (Å²) in [5, 5.41) is 1.42. The van der Waals surface area contributed by atoms with Crippen molar-refractivity contribution < 1.29 is 4.74 Å². The molecule has 0 saturated heterocycles. The van der Waals surface area contributed by atoms with Crippen LogP contribution in [0.2, 0.25) is 10.0 Å². The van der Waals surface area contributed by atoms with Crippen LogP contribution in [0.15, 0.2) is 48.5 Å². The molecule has 0 bridgehead atoms. The molecule has 2 rings (SSSR count). The molecule has 0 aliphatic heterocycles. The summed E-state index contributed by atoms with van der Waals surface area (Å²) < 4.78 is 5.61. The van der Waals surface area contributed by atoms with E-state index < -0.39 is 0 Å². The predicted molar refractivity (Wildman–Crippen MR) is 80.1 cm³/mol. The largest absolute Gasteiger partial charge is 0.492 e. The van der Waals surface area contributed by atoms with Gasteiger partial charge in [-0.05, 0) is 48.4 Å². The van der Waals surface area contributed by atoms with Gasteiger partial charge in [-0.25, -0.2) is 0 Å². The molecular weight excluding hydrogens is 281 g/mol. The Kier molecular flexibility index (Phi) is 5.08. The number of nitrogens with two attached hydrogens (primary N) is 1. The van der Waals surface area contributed by atoms with Crippen LogP contribution < -0.4 is 10.5 Å². The van der Waals surface area contributed by atoms with E-state index in [4.69, 9.17) is 33.7 Å². The summed E-state index contributed by atoms with van der Waals surface area (Å²) >= 11 is 11.7. The topological polar surface area (TPSA) is 35.2 Å². The van der Waals surface area contributed by atoms with Crippen LogP contribution in [0.5, 0.6) is 5.75 Å². The highest BCUT2D eigenvalue weighted by molar-refractivity contribution is 6.30. The van der Waals surface area contributed by atoms with E-state index in [0.29, 0.717) is 11.6 Å². The Morgan fingerprint density at radius 2 is 1.74 bits per heavy atom. The lowest BCUT2D eigenvalue weighted by molar-refractivity contribution is 0.287. The molecule has 0 saturated carbocycles. The van der Waals surface area contributed by atoms with E-state index in [1.54, 1.807) is 12.1 Å². The fourth-order valence-electron chi connectivity index (χ4n) is 1.76. The molecule has 100 valence electrons. The first kappa shape index (κ1) is 14.2. The molecule has 2 N–H and O–H groups in total. The second-order valence-corrected chi connectivity index (χ2v) is 5.23. The maximum Gasteiger partial charge on any atom is 0.119 e. The van der Waals surface area contributed by atoms with Gasteiger partial charge in [-0.15, -0.1) is 0 Å². The molecule has 0 spiro atoms. The standard InChI is InChI=1S/C15H15Cl2NO/c16-12-4-6-15(7-5-12)19-10-14(18)9-11-2-1-3-13(17)8-11/h1-8,14H,9-10,18H2. The van der Waals surface area contributed by atoms with E-state index in [-0.39, 0.29) is 6.04 Å². The van der Waals surface area contributed by atoms with Crippen molar-refractivity contribution in [1.29, 1.82) is 0 Å². The number of rotatable bonds is 5. The lowest BCUT2D eigenvalue weighted by Crippen LogP contribution is -2.30. The number of benzene rings is 2. The third kappa shape index (κ3) is 4.75. The number of ether oxygens (including phenoxy) is 1. The Bertz CT molecular complexity index is 528. The van der Waals surface area contributed by atoms with Gasteiger partial charge < -0.3 is 10.5 Å². The van der Waals surface area contributed by atoms with E-state index in [1.165, 1.54) is 0 Å². The lowest BCUT2D eigenvalue weighted by Gasteiger charge is -2.13. The molecule has 19 heavy (non-hydrogen) atoms. The number of halogens is 2. The monoisotopic (exact) mass is 295 g/mol. The third-order valence-electron chi connectivity index (χ3n) is 2.66. The Morgan fingerprint density at radius 1 is 1.00 bits per heavy atom. The summed E-state index contributed by atoms with van der Waals surface area (Å²) in [6, 6.07) is 14.9. The molecular formula is C15H15Cl2NO. The van der Waals surface area contributed by atoms with Gasteiger partial charge in [-0.2, -0.15) is 0 Å². The average molecular weight is 296 g/mol. The third-order valence-corrected chi connectivity index (χ3v) is 3.15. The van der Waals surface area contributed by atoms with Crippen LogP contribution in [0.1, 0.15) is 5.56 Å². The number of hydrogen-bond donors (Lipinski definition) is 1. The maximum absolute atomic E-state index is 6.04. The Hall–Kier alpha value is -1.22. The van der Waals surface area contributed by atoms with Gasteiger partial charge in [0.2, 0.25) is 0 Å². The normalized spacial score (nSPS) is 12.2. The Labute approximate surface area is 123 Å². The van der Waals surface area contributed by atoms with Crippen molar-refractivity contribution in [1.82, 2.24) is 0 Å². The Balaban J connectivity index is 1.84. The van der Waals surface area contributed by atoms with E-state index >= 15 is 0 Å². The van der Waals surface area contributed by atoms with Crippen LogP contribution in [0, 0.1) is 0 Å². The molecule has 0 radical (unpaired) electrons. The SMILES string of the molecule is NC(COc1ccc(Cl)cc1)Cc1cccc(Cl)c1. The minimum atomic E-state index is -0.0749. The maximum atomic E-state index is 6.04. The highest BCUT2D eigenvalue weighted by atomic mass is 35.5. The zero-order valence-electron chi connectivity index (χ0n) is 10.4. The summed E-state index contributed by atoms with van der Waals surface area (Å²) in [5.41, 5.74) is 7.15. The number of hydrogen-bond acceptors (Lipinski definition) is 2. The van der Waals surface area contributed by atoms with Crippen LogP contribution >= 0.6 is 23.2 Å². The summed E-state index contributed by atoms with van der Waals surface area (Å²) in [6.07, 6.45) is 0.730. The van der Waals surface area contributed by atoms with Gasteiger partial charge in [-0.3, -0.25) is 0 Å². The highest BCUT2D eigenvalue weighted by Gasteiger charge is 2.06. The molecule has 2 aromatic rings. The van der Waals surface area contributed by atoms with Crippen molar-refractivity contribution in [3.63, 3.8) is 0 Å². The van der Waals surface area contributed by atoms with Crippen molar-refractivity contribution in [2.24, 2.45) is 5.73 Å². The molecule has 0 aliphatic rings. The van der Waals surface area contributed by atoms with Gasteiger partial charge in [0.1, 0.15) is 12.4 Å². The van der Waals surface area contributed by atoms with Gasteiger partial charge in [-0.1, -0.05) is 35.3 Å². The van der Waals surface area contributed by atoms with Crippen LogP contribution in [0.3, 0.4) is 0 Å². The summed E-state index contributed by atoms with van der Waals surface area (Å²) in [6.45, 7) is 0.453.